The highest BCUT2D eigenvalue weighted by atomic mass is 32.1. The van der Waals surface area contributed by atoms with Crippen LogP contribution in [0.4, 0.5) is 0 Å². The average molecular weight is 714 g/mol. The van der Waals surface area contributed by atoms with E-state index < -0.39 is 0 Å². The molecule has 0 radical (unpaired) electrons. The van der Waals surface area contributed by atoms with Gasteiger partial charge in [-0.05, 0) is 120 Å². The van der Waals surface area contributed by atoms with E-state index in [1.54, 1.807) is 0 Å². The van der Waals surface area contributed by atoms with Gasteiger partial charge in [-0.15, -0.1) is 11.3 Å². The van der Waals surface area contributed by atoms with Gasteiger partial charge in [-0.1, -0.05) is 115 Å². The summed E-state index contributed by atoms with van der Waals surface area (Å²) in [5, 5.41) is 2.62. The zero-order valence-electron chi connectivity index (χ0n) is 30.6. The van der Waals surface area contributed by atoms with Crippen molar-refractivity contribution in [2.75, 3.05) is 0 Å². The molecule has 3 aliphatic carbocycles. The fourth-order valence-corrected chi connectivity index (χ4v) is 9.70. The summed E-state index contributed by atoms with van der Waals surface area (Å²) in [4.78, 5) is 12.2. The normalized spacial score (nSPS) is 15.0. The van der Waals surface area contributed by atoms with Crippen LogP contribution in [0.2, 0.25) is 0 Å². The monoisotopic (exact) mass is 713 g/mol. The van der Waals surface area contributed by atoms with Crippen LogP contribution >= 0.6 is 11.3 Å². The summed E-state index contributed by atoms with van der Waals surface area (Å²) in [5.74, 6) is 0.685. The van der Waals surface area contributed by atoms with Gasteiger partial charge >= 0.3 is 0 Å². The first-order valence-corrected chi connectivity index (χ1v) is 19.7. The second kappa shape index (κ2) is 13.1. The Morgan fingerprint density at radius 3 is 2.50 bits per heavy atom. The Morgan fingerprint density at radius 1 is 0.778 bits per heavy atom. The lowest BCUT2D eigenvalue weighted by Gasteiger charge is -2.20. The van der Waals surface area contributed by atoms with Crippen molar-refractivity contribution < 1.29 is 0 Å². The highest BCUT2D eigenvalue weighted by molar-refractivity contribution is 7.20. The number of thiophene rings is 1. The molecule has 0 fully saturated rings. The molecule has 3 nitrogen and oxygen atoms in total. The van der Waals surface area contributed by atoms with Gasteiger partial charge in [-0.3, -0.25) is 0 Å². The summed E-state index contributed by atoms with van der Waals surface area (Å²) < 4.78 is 3.72. The van der Waals surface area contributed by atoms with E-state index >= 15 is 0 Å². The van der Waals surface area contributed by atoms with Gasteiger partial charge in [0, 0.05) is 37.5 Å². The molecule has 0 unspecified atom stereocenters. The molecule has 0 saturated carbocycles. The van der Waals surface area contributed by atoms with E-state index in [-0.39, 0.29) is 0 Å². The first-order chi connectivity index (χ1) is 26.5. The number of aromatic nitrogens is 1. The number of nitrogens with zero attached hydrogens (tertiary/aromatic N) is 3. The van der Waals surface area contributed by atoms with E-state index in [1.165, 1.54) is 64.8 Å². The predicted molar refractivity (Wildman–Crippen MR) is 230 cm³/mol. The number of benzene rings is 5. The van der Waals surface area contributed by atoms with Crippen LogP contribution in [0.15, 0.2) is 161 Å². The number of allylic oxidation sites excluding steroid dienone is 3. The Bertz CT molecular complexity index is 2850. The molecule has 2 aromatic heterocycles. The standard InChI is InChI=1S/C50H39N3S/c1-31-23-26-47-45(27-31)41-19-11-14-34(30-48(41)54-47)32(2)51-50(52-33(3)35-24-25-37-28-36-13-7-8-17-39(36)44(37)29-35)43-21-12-20-42-40-18-9-10-22-46(40)53(49(42)43)38-15-5-4-6-16-38/h4-11,13-18,21-27,29-30H,2,12,19-20,28H2,1,3H3/b51-50-,52-33+. The summed E-state index contributed by atoms with van der Waals surface area (Å²) in [5.41, 5.74) is 17.6. The lowest BCUT2D eigenvalue weighted by atomic mass is 9.94. The molecule has 7 aromatic rings. The van der Waals surface area contributed by atoms with Crippen LogP contribution in [-0.2, 0) is 19.3 Å². The third kappa shape index (κ3) is 5.48. The summed E-state index contributed by atoms with van der Waals surface area (Å²) in [7, 11) is 0. The van der Waals surface area contributed by atoms with Crippen LogP contribution in [0, 0.1) is 6.92 Å². The van der Waals surface area contributed by atoms with E-state index in [2.05, 4.69) is 165 Å². The molecule has 10 rings (SSSR count). The lowest BCUT2D eigenvalue weighted by Crippen LogP contribution is -2.13. The van der Waals surface area contributed by atoms with Crippen molar-refractivity contribution in [2.45, 2.75) is 39.5 Å². The fourth-order valence-electron chi connectivity index (χ4n) is 8.53. The highest BCUT2D eigenvalue weighted by Crippen LogP contribution is 2.41. The molecule has 5 aromatic carbocycles. The first kappa shape index (κ1) is 32.5. The van der Waals surface area contributed by atoms with Crippen molar-refractivity contribution in [3.8, 4) is 16.8 Å². The molecule has 54 heavy (non-hydrogen) atoms. The van der Waals surface area contributed by atoms with Gasteiger partial charge in [0.2, 0.25) is 0 Å². The first-order valence-electron chi connectivity index (χ1n) is 18.8. The summed E-state index contributed by atoms with van der Waals surface area (Å²) in [6.07, 6.45) is 12.8. The van der Waals surface area contributed by atoms with Crippen molar-refractivity contribution >= 4 is 55.5 Å². The summed E-state index contributed by atoms with van der Waals surface area (Å²) in [6.45, 7) is 8.91. The molecule has 2 heterocycles. The van der Waals surface area contributed by atoms with Crippen molar-refractivity contribution in [3.63, 3.8) is 0 Å². The zero-order chi connectivity index (χ0) is 36.3. The van der Waals surface area contributed by atoms with Crippen LogP contribution in [0.25, 0.3) is 49.5 Å². The number of para-hydroxylation sites is 2. The van der Waals surface area contributed by atoms with Gasteiger partial charge < -0.3 is 4.57 Å². The molecule has 0 atom stereocenters. The molecule has 260 valence electrons. The van der Waals surface area contributed by atoms with Crippen LogP contribution in [-0.4, -0.2) is 16.1 Å². The quantitative estimate of drug-likeness (QED) is 0.126. The minimum Gasteiger partial charge on any atom is -0.309 e. The van der Waals surface area contributed by atoms with E-state index in [1.807, 2.05) is 11.3 Å². The highest BCUT2D eigenvalue weighted by Gasteiger charge is 2.27. The third-order valence-electron chi connectivity index (χ3n) is 11.2. The van der Waals surface area contributed by atoms with Crippen molar-refractivity contribution in [3.05, 3.63) is 195 Å². The SMILES string of the molecule is C=C(/N=C(\N=C(/C)c1ccc2c(c1)-c1ccccc1C2)C1=CCCc2c1n(-c1ccccc1)c1ccccc21)C1=Cc2sc3ccc(C)cc3c2CC=C1. The van der Waals surface area contributed by atoms with E-state index in [9.17, 15) is 0 Å². The van der Waals surface area contributed by atoms with Gasteiger partial charge in [-0.2, -0.15) is 0 Å². The Kier molecular flexibility index (Phi) is 7.89. The van der Waals surface area contributed by atoms with Crippen molar-refractivity contribution in [2.24, 2.45) is 9.98 Å². The largest absolute Gasteiger partial charge is 0.309 e. The van der Waals surface area contributed by atoms with Gasteiger partial charge in [-0.25, -0.2) is 9.98 Å². The molecule has 4 heteroatoms. The van der Waals surface area contributed by atoms with Gasteiger partial charge in [0.05, 0.1) is 16.9 Å². The Hall–Kier alpha value is -6.10. The number of aliphatic imine (C=N–C) groups is 2. The van der Waals surface area contributed by atoms with Gasteiger partial charge in [0.15, 0.2) is 5.84 Å². The van der Waals surface area contributed by atoms with E-state index in [4.69, 9.17) is 9.98 Å². The Labute approximate surface area is 320 Å². The van der Waals surface area contributed by atoms with Crippen LogP contribution in [0.5, 0.6) is 0 Å². The molecular formula is C50H39N3S. The zero-order valence-corrected chi connectivity index (χ0v) is 31.4. The number of aryl methyl sites for hydroxylation is 2. The second-order valence-electron chi connectivity index (χ2n) is 14.6. The molecule has 0 N–H and O–H groups in total. The van der Waals surface area contributed by atoms with E-state index in [0.717, 1.165) is 59.5 Å². The minimum absolute atomic E-state index is 0.685. The summed E-state index contributed by atoms with van der Waals surface area (Å²) >= 11 is 1.85. The molecule has 0 aliphatic heterocycles. The van der Waals surface area contributed by atoms with Gasteiger partial charge in [0.1, 0.15) is 0 Å². The third-order valence-corrected chi connectivity index (χ3v) is 12.3. The number of hydrogen-bond donors (Lipinski definition) is 0. The number of amidine groups is 1. The molecule has 0 bridgehead atoms. The second-order valence-corrected chi connectivity index (χ2v) is 15.7. The van der Waals surface area contributed by atoms with Crippen LogP contribution in [0.1, 0.15) is 57.3 Å². The number of rotatable bonds is 5. The molecule has 0 amide bonds. The van der Waals surface area contributed by atoms with E-state index in [0.29, 0.717) is 11.5 Å². The van der Waals surface area contributed by atoms with Gasteiger partial charge in [0.25, 0.3) is 0 Å². The Balaban J connectivity index is 1.14. The Morgan fingerprint density at radius 2 is 1.59 bits per heavy atom. The van der Waals surface area contributed by atoms with Crippen molar-refractivity contribution in [1.29, 1.82) is 0 Å². The maximum atomic E-state index is 5.48. The minimum atomic E-state index is 0.685. The predicted octanol–water partition coefficient (Wildman–Crippen LogP) is 12.7. The average Bonchev–Trinajstić information content (AvgIpc) is 3.80. The number of fused-ring (bicyclic) bond motifs is 9. The topological polar surface area (TPSA) is 29.6 Å². The fraction of sp³-hybridized carbons (Fsp3) is 0.120. The van der Waals surface area contributed by atoms with Crippen LogP contribution in [0.3, 0.4) is 0 Å². The maximum Gasteiger partial charge on any atom is 0.161 e. The molecule has 0 spiro atoms. The van der Waals surface area contributed by atoms with Crippen LogP contribution < -0.4 is 0 Å². The smallest absolute Gasteiger partial charge is 0.161 e. The molecular weight excluding hydrogens is 675 g/mol. The maximum absolute atomic E-state index is 5.48. The molecule has 0 saturated heterocycles. The van der Waals surface area contributed by atoms with Crippen molar-refractivity contribution in [1.82, 2.24) is 4.57 Å². The lowest BCUT2D eigenvalue weighted by molar-refractivity contribution is 0.960. The summed E-state index contributed by atoms with van der Waals surface area (Å²) in [6, 6.07) is 41.8. The number of hydrogen-bond acceptors (Lipinski definition) is 2. The molecule has 3 aliphatic rings.